The highest BCUT2D eigenvalue weighted by Gasteiger charge is 2.30. The maximum Gasteiger partial charge on any atom is 0.156 e. The van der Waals surface area contributed by atoms with Crippen molar-refractivity contribution < 1.29 is 14.2 Å². The third kappa shape index (κ3) is 43.9. The molecular weight excluding hydrogens is 444 g/mol. The number of ether oxygens (including phenoxy) is 3. The van der Waals surface area contributed by atoms with Crippen LogP contribution in [0.15, 0.2) is 0 Å². The van der Waals surface area contributed by atoms with E-state index in [9.17, 15) is 0 Å². The van der Waals surface area contributed by atoms with E-state index in [1.54, 1.807) is 0 Å². The predicted molar refractivity (Wildman–Crippen MR) is 167 cm³/mol. The van der Waals surface area contributed by atoms with Gasteiger partial charge >= 0.3 is 0 Å². The Morgan fingerprint density at radius 3 is 0.806 bits per heavy atom. The first-order valence-corrected chi connectivity index (χ1v) is 13.9. The summed E-state index contributed by atoms with van der Waals surface area (Å²) in [6, 6.07) is 0. The Labute approximate surface area is 232 Å². The largest absolute Gasteiger partial charge is 0.376 e. The van der Waals surface area contributed by atoms with Crippen LogP contribution in [0.4, 0.5) is 0 Å². The summed E-state index contributed by atoms with van der Waals surface area (Å²) in [7, 11) is 0. The van der Waals surface area contributed by atoms with Crippen LogP contribution in [0.1, 0.15) is 166 Å². The van der Waals surface area contributed by atoms with Crippen molar-refractivity contribution in [2.45, 2.75) is 189 Å². The van der Waals surface area contributed by atoms with Crippen molar-refractivity contribution in [1.29, 1.82) is 0 Å². The molecule has 0 bridgehead atoms. The van der Waals surface area contributed by atoms with Gasteiger partial charge in [-0.25, -0.2) is 0 Å². The molecule has 0 fully saturated rings. The van der Waals surface area contributed by atoms with Gasteiger partial charge in [-0.3, -0.25) is 0 Å². The zero-order chi connectivity index (χ0) is 29.7. The van der Waals surface area contributed by atoms with E-state index in [0.717, 1.165) is 12.5 Å². The standard InChI is InChI=1S/C10H22O2.C10H22.C6H14O.C6H14.CH4/c1-8(11-9(2,3)4)12-10(5,6)7;1-8(9(2,3)4)10(5,6)7;1-5-7-6(2,3)4;1-5-6(2,3)4;/h8H,1-7H3;8H,1-7H3;5H2,1-4H3;5H2,1-4H3;1H4. The highest BCUT2D eigenvalue weighted by Crippen LogP contribution is 2.38. The molecule has 36 heavy (non-hydrogen) atoms. The highest BCUT2D eigenvalue weighted by molar-refractivity contribution is 4.79. The summed E-state index contributed by atoms with van der Waals surface area (Å²) in [5, 5.41) is 0. The van der Waals surface area contributed by atoms with Crippen molar-refractivity contribution in [2.24, 2.45) is 22.2 Å². The summed E-state index contributed by atoms with van der Waals surface area (Å²) in [5.41, 5.74) is 1.21. The first-order valence-electron chi connectivity index (χ1n) is 13.9. The van der Waals surface area contributed by atoms with Crippen LogP contribution < -0.4 is 0 Å². The quantitative estimate of drug-likeness (QED) is 0.346. The first-order chi connectivity index (χ1) is 14.9. The number of hydrogen-bond donors (Lipinski definition) is 0. The SMILES string of the molecule is C.CC(C(C)(C)C)C(C)(C)C.CC(OC(C)(C)C)OC(C)(C)C.CCC(C)(C)C.CCOC(C)(C)C. The van der Waals surface area contributed by atoms with Gasteiger partial charge in [0.1, 0.15) is 0 Å². The van der Waals surface area contributed by atoms with E-state index in [1.807, 2.05) is 55.4 Å². The predicted octanol–water partition coefficient (Wildman–Crippen LogP) is 11.6. The van der Waals surface area contributed by atoms with Crippen molar-refractivity contribution in [3.63, 3.8) is 0 Å². The summed E-state index contributed by atoms with van der Waals surface area (Å²) >= 11 is 0. The summed E-state index contributed by atoms with van der Waals surface area (Å²) < 4.78 is 16.4. The minimum atomic E-state index is -0.148. The van der Waals surface area contributed by atoms with Gasteiger partial charge in [-0.05, 0) is 98.3 Å². The molecule has 0 N–H and O–H groups in total. The molecule has 226 valence electrons. The van der Waals surface area contributed by atoms with Crippen LogP contribution in [-0.2, 0) is 14.2 Å². The van der Waals surface area contributed by atoms with Crippen molar-refractivity contribution in [3.8, 4) is 0 Å². The van der Waals surface area contributed by atoms with Gasteiger partial charge in [0, 0.05) is 6.61 Å². The molecule has 0 aliphatic carbocycles. The fourth-order valence-corrected chi connectivity index (χ4v) is 2.75. The van der Waals surface area contributed by atoms with Crippen LogP contribution in [-0.4, -0.2) is 29.7 Å². The molecule has 0 aliphatic rings. The second kappa shape index (κ2) is 18.2. The average molecular weight is 521 g/mol. The Balaban J connectivity index is -0.000000122. The van der Waals surface area contributed by atoms with E-state index < -0.39 is 0 Å². The van der Waals surface area contributed by atoms with Crippen LogP contribution in [0.3, 0.4) is 0 Å². The van der Waals surface area contributed by atoms with E-state index in [2.05, 4.69) is 96.9 Å². The van der Waals surface area contributed by atoms with E-state index in [1.165, 1.54) is 6.42 Å². The van der Waals surface area contributed by atoms with Gasteiger partial charge in [0.2, 0.25) is 0 Å². The lowest BCUT2D eigenvalue weighted by molar-refractivity contribution is -0.224. The molecule has 0 rings (SSSR count). The van der Waals surface area contributed by atoms with Gasteiger partial charge < -0.3 is 14.2 Å². The minimum Gasteiger partial charge on any atom is -0.376 e. The van der Waals surface area contributed by atoms with Gasteiger partial charge in [-0.2, -0.15) is 0 Å². The second-order valence-corrected chi connectivity index (χ2v) is 15.9. The summed E-state index contributed by atoms with van der Waals surface area (Å²) in [6.07, 6.45) is 1.12. The molecule has 0 saturated carbocycles. The lowest BCUT2D eigenvalue weighted by atomic mass is 9.68. The molecule has 0 heterocycles. The second-order valence-electron chi connectivity index (χ2n) is 15.9. The van der Waals surface area contributed by atoms with Crippen molar-refractivity contribution in [3.05, 3.63) is 0 Å². The maximum atomic E-state index is 5.59. The molecule has 0 aromatic heterocycles. The average Bonchev–Trinajstić information content (AvgIpc) is 2.48. The molecule has 0 aromatic carbocycles. The van der Waals surface area contributed by atoms with Gasteiger partial charge in [0.05, 0.1) is 16.8 Å². The summed E-state index contributed by atoms with van der Waals surface area (Å²) in [4.78, 5) is 0. The molecule has 0 radical (unpaired) electrons. The van der Waals surface area contributed by atoms with E-state index in [-0.39, 0.29) is 30.5 Å². The van der Waals surface area contributed by atoms with E-state index in [0.29, 0.717) is 16.2 Å². The molecule has 0 aromatic rings. The molecule has 0 atom stereocenters. The molecule has 0 unspecified atom stereocenters. The van der Waals surface area contributed by atoms with Crippen molar-refractivity contribution >= 4 is 0 Å². The van der Waals surface area contributed by atoms with Crippen LogP contribution in [0.25, 0.3) is 0 Å². The zero-order valence-electron chi connectivity index (χ0n) is 28.8. The summed E-state index contributed by atoms with van der Waals surface area (Å²) in [6.45, 7) is 48.2. The Morgan fingerprint density at radius 2 is 0.750 bits per heavy atom. The fraction of sp³-hybridized carbons (Fsp3) is 1.00. The van der Waals surface area contributed by atoms with Crippen LogP contribution in [0.5, 0.6) is 0 Å². The van der Waals surface area contributed by atoms with E-state index in [4.69, 9.17) is 14.2 Å². The van der Waals surface area contributed by atoms with Gasteiger partial charge in [-0.15, -0.1) is 0 Å². The smallest absolute Gasteiger partial charge is 0.156 e. The third-order valence-electron chi connectivity index (χ3n) is 5.28. The first kappa shape index (κ1) is 45.8. The Morgan fingerprint density at radius 1 is 0.500 bits per heavy atom. The molecule has 3 heteroatoms. The Bertz CT molecular complexity index is 450. The van der Waals surface area contributed by atoms with Crippen molar-refractivity contribution in [2.75, 3.05) is 6.61 Å². The molecule has 3 nitrogen and oxygen atoms in total. The van der Waals surface area contributed by atoms with Crippen LogP contribution in [0, 0.1) is 22.2 Å². The normalized spacial score (nSPS) is 13.0. The lowest BCUT2D eigenvalue weighted by Gasteiger charge is -2.38. The van der Waals surface area contributed by atoms with Crippen LogP contribution in [0.2, 0.25) is 0 Å². The lowest BCUT2D eigenvalue weighted by Crippen LogP contribution is -2.33. The highest BCUT2D eigenvalue weighted by atomic mass is 16.7. The molecule has 0 saturated heterocycles. The van der Waals surface area contributed by atoms with Gasteiger partial charge in [-0.1, -0.05) is 90.0 Å². The molecule has 0 amide bonds. The monoisotopic (exact) mass is 521 g/mol. The Kier molecular flexibility index (Phi) is 23.2. The maximum absolute atomic E-state index is 5.59. The summed E-state index contributed by atoms with van der Waals surface area (Å²) in [5.74, 6) is 0.764. The van der Waals surface area contributed by atoms with Crippen LogP contribution >= 0.6 is 0 Å². The molecular formula is C33H76O3. The molecule has 0 aliphatic heterocycles. The molecule has 0 spiro atoms. The number of hydrogen-bond acceptors (Lipinski definition) is 3. The number of rotatable bonds is 3. The Hall–Kier alpha value is -0.120. The van der Waals surface area contributed by atoms with E-state index >= 15 is 0 Å². The third-order valence-corrected chi connectivity index (χ3v) is 5.28. The fourth-order valence-electron chi connectivity index (χ4n) is 2.75. The zero-order valence-corrected chi connectivity index (χ0v) is 28.8. The topological polar surface area (TPSA) is 27.7 Å². The van der Waals surface area contributed by atoms with Crippen molar-refractivity contribution in [1.82, 2.24) is 0 Å². The minimum absolute atomic E-state index is 0. The van der Waals surface area contributed by atoms with Gasteiger partial charge in [0.15, 0.2) is 6.29 Å². The van der Waals surface area contributed by atoms with Gasteiger partial charge in [0.25, 0.3) is 0 Å².